The number of halogens is 6. The first-order valence-corrected chi connectivity index (χ1v) is 14.5. The molecule has 2 fully saturated rings. The summed E-state index contributed by atoms with van der Waals surface area (Å²) in [5.74, 6) is -6.67. The van der Waals surface area contributed by atoms with Crippen LogP contribution < -0.4 is 15.5 Å². The van der Waals surface area contributed by atoms with Crippen molar-refractivity contribution >= 4 is 5.91 Å². The van der Waals surface area contributed by atoms with Gasteiger partial charge in [-0.1, -0.05) is 18.2 Å². The molecule has 0 spiro atoms. The fourth-order valence-electron chi connectivity index (χ4n) is 6.41. The number of rotatable bonds is 10. The fraction of sp³-hybridized carbons (Fsp3) is 0.375. The summed E-state index contributed by atoms with van der Waals surface area (Å²) in [6.07, 6.45) is 0.841. The summed E-state index contributed by atoms with van der Waals surface area (Å²) in [5, 5.41) is 3.59. The number of benzene rings is 2. The molecule has 6 nitrogen and oxygen atoms in total. The van der Waals surface area contributed by atoms with Crippen LogP contribution >= 0.6 is 0 Å². The zero-order valence-corrected chi connectivity index (χ0v) is 23.3. The molecule has 0 bridgehead atoms. The summed E-state index contributed by atoms with van der Waals surface area (Å²) in [5.41, 5.74) is 3.78. The van der Waals surface area contributed by atoms with Gasteiger partial charge in [0.15, 0.2) is 0 Å². The predicted molar refractivity (Wildman–Crippen MR) is 147 cm³/mol. The number of alkyl halides is 4. The Bertz CT molecular complexity index is 1610. The van der Waals surface area contributed by atoms with E-state index in [-0.39, 0.29) is 30.1 Å². The van der Waals surface area contributed by atoms with E-state index < -0.39 is 66.1 Å². The molecule has 3 aliphatic carbocycles. The van der Waals surface area contributed by atoms with Crippen molar-refractivity contribution in [2.24, 2.45) is 11.8 Å². The lowest BCUT2D eigenvalue weighted by Gasteiger charge is -2.29. The van der Waals surface area contributed by atoms with Crippen LogP contribution in [0.4, 0.5) is 26.3 Å². The standard InChI is InChI=1S/C32H28F6N4O2/c33-18-10-16(11-19(34)13-18)12-25(28-22(2-1-9-39-28)17-3-5-20(6-4-17)44-21-7-8-21)40-26(43)15-42-30-27(29(41-42)31(35)36)23-14-24(23)32(30,37)38/h1-6,9-11,13,21,23-25,29,31,41H,7-8,12,14-15H2,(H,40,43)/t23?,24?,25-,29?/m0/s1. The molecule has 12 heteroatoms. The normalized spacial score (nSPS) is 23.9. The van der Waals surface area contributed by atoms with Gasteiger partial charge in [-0.25, -0.2) is 23.0 Å². The third-order valence-electron chi connectivity index (χ3n) is 8.56. The average Bonchev–Trinajstić information content (AvgIpc) is 3.89. The Kier molecular flexibility index (Phi) is 7.06. The number of hydrazine groups is 1. The fourth-order valence-corrected chi connectivity index (χ4v) is 6.41. The average molecular weight is 615 g/mol. The van der Waals surface area contributed by atoms with E-state index in [1.165, 1.54) is 6.20 Å². The van der Waals surface area contributed by atoms with Crippen molar-refractivity contribution < 1.29 is 35.9 Å². The van der Waals surface area contributed by atoms with Crippen molar-refractivity contribution in [3.63, 3.8) is 0 Å². The molecule has 1 aromatic heterocycles. The van der Waals surface area contributed by atoms with Gasteiger partial charge in [-0.05, 0) is 78.6 Å². The number of carbonyl (C=O) groups is 1. The highest BCUT2D eigenvalue weighted by Crippen LogP contribution is 2.65. The van der Waals surface area contributed by atoms with Gasteiger partial charge in [0.2, 0.25) is 5.91 Å². The van der Waals surface area contributed by atoms with E-state index in [1.54, 1.807) is 12.1 Å². The van der Waals surface area contributed by atoms with Crippen LogP contribution in [0.2, 0.25) is 0 Å². The number of nitrogens with one attached hydrogen (secondary N) is 2. The second-order valence-corrected chi connectivity index (χ2v) is 11.8. The molecule has 44 heavy (non-hydrogen) atoms. The SMILES string of the molecule is O=C(CN1NC(C(F)F)C2=C1C(F)(F)C1CC21)N[C@@H](Cc1cc(F)cc(F)c1)c1ncccc1-c1ccc(OC2CC2)cc1. The van der Waals surface area contributed by atoms with Crippen molar-refractivity contribution in [2.45, 2.75) is 56.2 Å². The van der Waals surface area contributed by atoms with E-state index in [0.29, 0.717) is 17.0 Å². The lowest BCUT2D eigenvalue weighted by molar-refractivity contribution is -0.124. The summed E-state index contributed by atoms with van der Waals surface area (Å²) in [4.78, 5) is 17.9. The maximum absolute atomic E-state index is 15.1. The molecule has 4 aliphatic rings. The van der Waals surface area contributed by atoms with Gasteiger partial charge in [-0.2, -0.15) is 8.78 Å². The Labute approximate surface area is 249 Å². The molecule has 0 radical (unpaired) electrons. The monoisotopic (exact) mass is 614 g/mol. The quantitative estimate of drug-likeness (QED) is 0.276. The van der Waals surface area contributed by atoms with E-state index in [2.05, 4.69) is 15.7 Å². The maximum atomic E-state index is 15.1. The van der Waals surface area contributed by atoms with Crippen LogP contribution in [0.1, 0.15) is 36.6 Å². The van der Waals surface area contributed by atoms with E-state index in [1.807, 2.05) is 24.3 Å². The summed E-state index contributed by atoms with van der Waals surface area (Å²) >= 11 is 0. The van der Waals surface area contributed by atoms with E-state index in [9.17, 15) is 22.4 Å². The first-order valence-electron chi connectivity index (χ1n) is 14.5. The van der Waals surface area contributed by atoms with Crippen molar-refractivity contribution in [1.29, 1.82) is 0 Å². The third-order valence-corrected chi connectivity index (χ3v) is 8.56. The summed E-state index contributed by atoms with van der Waals surface area (Å²) in [7, 11) is 0. The van der Waals surface area contributed by atoms with Gasteiger partial charge in [0.05, 0.1) is 17.8 Å². The largest absolute Gasteiger partial charge is 0.490 e. The number of pyridine rings is 1. The number of hydrogen-bond donors (Lipinski definition) is 2. The van der Waals surface area contributed by atoms with Gasteiger partial charge in [0, 0.05) is 23.7 Å². The highest BCUT2D eigenvalue weighted by Gasteiger charge is 2.70. The maximum Gasteiger partial charge on any atom is 0.292 e. The van der Waals surface area contributed by atoms with E-state index in [4.69, 9.17) is 4.74 Å². The van der Waals surface area contributed by atoms with Crippen molar-refractivity contribution in [2.75, 3.05) is 6.54 Å². The summed E-state index contributed by atoms with van der Waals surface area (Å²) in [6, 6.07) is 11.2. The molecule has 0 saturated heterocycles. The van der Waals surface area contributed by atoms with Crippen LogP contribution in [-0.4, -0.2) is 46.9 Å². The Morgan fingerprint density at radius 1 is 1.09 bits per heavy atom. The van der Waals surface area contributed by atoms with Gasteiger partial charge in [-0.3, -0.25) is 14.8 Å². The third kappa shape index (κ3) is 5.40. The van der Waals surface area contributed by atoms with Crippen LogP contribution in [0.5, 0.6) is 5.75 Å². The number of ether oxygens (including phenoxy) is 1. The van der Waals surface area contributed by atoms with Crippen LogP contribution in [0.15, 0.2) is 72.1 Å². The first kappa shape index (κ1) is 28.7. The van der Waals surface area contributed by atoms with Crippen molar-refractivity contribution in [3.05, 3.63) is 95.0 Å². The van der Waals surface area contributed by atoms with Crippen molar-refractivity contribution in [3.8, 4) is 16.9 Å². The Balaban J connectivity index is 1.17. The van der Waals surface area contributed by atoms with E-state index in [0.717, 1.165) is 41.6 Å². The number of amides is 1. The topological polar surface area (TPSA) is 66.5 Å². The van der Waals surface area contributed by atoms with Gasteiger partial charge < -0.3 is 10.1 Å². The van der Waals surface area contributed by atoms with Gasteiger partial charge in [0.1, 0.15) is 35.7 Å². The molecule has 1 aliphatic heterocycles. The van der Waals surface area contributed by atoms with Crippen LogP contribution in [0.25, 0.3) is 11.1 Å². The second kappa shape index (κ2) is 10.8. The molecule has 2 N–H and O–H groups in total. The van der Waals surface area contributed by atoms with Crippen LogP contribution in [-0.2, 0) is 11.2 Å². The molecule has 3 aromatic rings. The molecule has 3 unspecified atom stereocenters. The summed E-state index contributed by atoms with van der Waals surface area (Å²) < 4.78 is 91.9. The molecular weight excluding hydrogens is 586 g/mol. The predicted octanol–water partition coefficient (Wildman–Crippen LogP) is 5.96. The zero-order valence-electron chi connectivity index (χ0n) is 23.3. The van der Waals surface area contributed by atoms with Gasteiger partial charge in [0.25, 0.3) is 12.3 Å². The smallest absolute Gasteiger partial charge is 0.292 e. The number of aromatic nitrogens is 1. The number of fused-ring (bicyclic) bond motifs is 2. The second-order valence-electron chi connectivity index (χ2n) is 11.8. The highest BCUT2D eigenvalue weighted by atomic mass is 19.3. The molecule has 4 atom stereocenters. The van der Waals surface area contributed by atoms with E-state index >= 15 is 8.78 Å². The van der Waals surface area contributed by atoms with Crippen LogP contribution in [0, 0.1) is 23.5 Å². The Morgan fingerprint density at radius 3 is 2.50 bits per heavy atom. The number of nitrogens with zero attached hydrogens (tertiary/aromatic N) is 2. The lowest BCUT2D eigenvalue weighted by atomic mass is 9.95. The minimum absolute atomic E-state index is 0.0317. The molecule has 2 saturated carbocycles. The Morgan fingerprint density at radius 2 is 1.82 bits per heavy atom. The van der Waals surface area contributed by atoms with Gasteiger partial charge in [-0.15, -0.1) is 0 Å². The number of hydrogen-bond acceptors (Lipinski definition) is 5. The number of allylic oxidation sites excluding steroid dienone is 1. The molecule has 1 amide bonds. The number of carbonyl (C=O) groups excluding carboxylic acids is 1. The van der Waals surface area contributed by atoms with Crippen molar-refractivity contribution in [1.82, 2.24) is 20.7 Å². The Hall–Kier alpha value is -4.06. The first-order chi connectivity index (χ1) is 21.1. The zero-order chi connectivity index (χ0) is 30.7. The lowest BCUT2D eigenvalue weighted by Crippen LogP contribution is -2.49. The minimum Gasteiger partial charge on any atom is -0.490 e. The molecular formula is C32H28F6N4O2. The molecule has 2 heterocycles. The molecule has 7 rings (SSSR count). The molecule has 2 aromatic carbocycles. The van der Waals surface area contributed by atoms with Gasteiger partial charge >= 0.3 is 0 Å². The van der Waals surface area contributed by atoms with Crippen LogP contribution in [0.3, 0.4) is 0 Å². The minimum atomic E-state index is -3.33. The highest BCUT2D eigenvalue weighted by molar-refractivity contribution is 5.79. The molecule has 230 valence electrons. The summed E-state index contributed by atoms with van der Waals surface area (Å²) in [6.45, 7) is -0.680.